The van der Waals surface area contributed by atoms with E-state index in [0.29, 0.717) is 5.92 Å². The van der Waals surface area contributed by atoms with Crippen LogP contribution in [-0.4, -0.2) is 14.2 Å². The Bertz CT molecular complexity index is 405. The summed E-state index contributed by atoms with van der Waals surface area (Å²) in [7, 11) is 3.33. The van der Waals surface area contributed by atoms with Gasteiger partial charge < -0.3 is 15.2 Å². The molecule has 4 heteroatoms. The Morgan fingerprint density at radius 1 is 1.24 bits per heavy atom. The van der Waals surface area contributed by atoms with Crippen LogP contribution in [0.15, 0.2) is 16.6 Å². The predicted molar refractivity (Wildman–Crippen MR) is 71.5 cm³/mol. The summed E-state index contributed by atoms with van der Waals surface area (Å²) in [6.45, 7) is 0. The van der Waals surface area contributed by atoms with Crippen LogP contribution in [0.2, 0.25) is 0 Å². The second kappa shape index (κ2) is 5.27. The van der Waals surface area contributed by atoms with E-state index in [0.717, 1.165) is 21.5 Å². The summed E-state index contributed by atoms with van der Waals surface area (Å²) in [5, 5.41) is 0. The minimum atomic E-state index is 0.0423. The largest absolute Gasteiger partial charge is 0.496 e. The fourth-order valence-corrected chi connectivity index (χ4v) is 2.68. The first-order chi connectivity index (χ1) is 8.17. The Hall–Kier alpha value is -0.740. The zero-order valence-electron chi connectivity index (χ0n) is 10.2. The van der Waals surface area contributed by atoms with Crippen LogP contribution < -0.4 is 15.2 Å². The molecule has 1 aliphatic rings. The van der Waals surface area contributed by atoms with Gasteiger partial charge in [-0.25, -0.2) is 0 Å². The Morgan fingerprint density at radius 3 is 2.35 bits per heavy atom. The maximum Gasteiger partial charge on any atom is 0.133 e. The number of rotatable bonds is 4. The van der Waals surface area contributed by atoms with E-state index in [-0.39, 0.29) is 6.04 Å². The van der Waals surface area contributed by atoms with E-state index < -0.39 is 0 Å². The van der Waals surface area contributed by atoms with Crippen molar-refractivity contribution in [2.24, 2.45) is 11.7 Å². The molecule has 1 atom stereocenters. The third-order valence-corrected chi connectivity index (χ3v) is 4.14. The molecule has 0 radical (unpaired) electrons. The van der Waals surface area contributed by atoms with Gasteiger partial charge in [-0.3, -0.25) is 0 Å². The van der Waals surface area contributed by atoms with E-state index in [2.05, 4.69) is 15.9 Å². The highest BCUT2D eigenvalue weighted by molar-refractivity contribution is 9.10. The summed E-state index contributed by atoms with van der Waals surface area (Å²) < 4.78 is 11.6. The quantitative estimate of drug-likeness (QED) is 0.928. The second-order valence-corrected chi connectivity index (χ2v) is 5.30. The molecule has 17 heavy (non-hydrogen) atoms. The van der Waals surface area contributed by atoms with Gasteiger partial charge in [0.05, 0.1) is 18.7 Å². The lowest BCUT2D eigenvalue weighted by molar-refractivity contribution is 0.259. The lowest BCUT2D eigenvalue weighted by Gasteiger charge is -2.32. The summed E-state index contributed by atoms with van der Waals surface area (Å²) in [4.78, 5) is 0. The molecule has 1 aliphatic carbocycles. The van der Waals surface area contributed by atoms with Crippen molar-refractivity contribution in [1.82, 2.24) is 0 Å². The Morgan fingerprint density at radius 2 is 1.88 bits per heavy atom. The van der Waals surface area contributed by atoms with Crippen LogP contribution >= 0.6 is 15.9 Å². The van der Waals surface area contributed by atoms with Gasteiger partial charge in [0.15, 0.2) is 0 Å². The van der Waals surface area contributed by atoms with Crippen molar-refractivity contribution >= 4 is 15.9 Å². The molecule has 1 saturated carbocycles. The molecule has 94 valence electrons. The van der Waals surface area contributed by atoms with Gasteiger partial charge in [0.2, 0.25) is 0 Å². The van der Waals surface area contributed by atoms with E-state index in [1.807, 2.05) is 12.1 Å². The molecular weight excluding hydrogens is 282 g/mol. The molecule has 1 aromatic carbocycles. The van der Waals surface area contributed by atoms with Gasteiger partial charge in [0, 0.05) is 11.6 Å². The van der Waals surface area contributed by atoms with E-state index >= 15 is 0 Å². The fraction of sp³-hybridized carbons (Fsp3) is 0.538. The minimum absolute atomic E-state index is 0.0423. The van der Waals surface area contributed by atoms with Gasteiger partial charge in [-0.15, -0.1) is 0 Å². The fourth-order valence-electron chi connectivity index (χ4n) is 2.20. The number of hydrogen-bond donors (Lipinski definition) is 1. The van der Waals surface area contributed by atoms with Crippen molar-refractivity contribution in [2.45, 2.75) is 25.3 Å². The van der Waals surface area contributed by atoms with Gasteiger partial charge in [-0.1, -0.05) is 6.42 Å². The molecule has 3 nitrogen and oxygen atoms in total. The molecule has 0 bridgehead atoms. The highest BCUT2D eigenvalue weighted by Gasteiger charge is 2.28. The first-order valence-corrected chi connectivity index (χ1v) is 6.63. The molecule has 1 aromatic rings. The topological polar surface area (TPSA) is 44.5 Å². The molecular formula is C13H18BrNO2. The molecule has 2 N–H and O–H groups in total. The van der Waals surface area contributed by atoms with Crippen molar-refractivity contribution in [1.29, 1.82) is 0 Å². The smallest absolute Gasteiger partial charge is 0.133 e. The van der Waals surface area contributed by atoms with Gasteiger partial charge in [-0.05, 0) is 46.8 Å². The lowest BCUT2D eigenvalue weighted by atomic mass is 9.77. The summed E-state index contributed by atoms with van der Waals surface area (Å²) >= 11 is 3.45. The third-order valence-electron chi connectivity index (χ3n) is 3.52. The van der Waals surface area contributed by atoms with Crippen LogP contribution in [0.3, 0.4) is 0 Å². The molecule has 0 aromatic heterocycles. The Kier molecular flexibility index (Phi) is 3.94. The number of nitrogens with two attached hydrogens (primary N) is 1. The molecule has 0 unspecified atom stereocenters. The average molecular weight is 300 g/mol. The number of hydrogen-bond acceptors (Lipinski definition) is 3. The standard InChI is InChI=1S/C13H18BrNO2/c1-16-11-7-10(14)12(17-2)6-9(11)13(15)8-4-3-5-8/h6-8,13H,3-5,15H2,1-2H3/t13-/m0/s1. The van der Waals surface area contributed by atoms with E-state index in [9.17, 15) is 0 Å². The van der Waals surface area contributed by atoms with Gasteiger partial charge >= 0.3 is 0 Å². The molecule has 0 spiro atoms. The monoisotopic (exact) mass is 299 g/mol. The van der Waals surface area contributed by atoms with Gasteiger partial charge in [0.1, 0.15) is 11.5 Å². The molecule has 0 aliphatic heterocycles. The SMILES string of the molecule is COc1cc([C@@H](N)C2CCC2)c(OC)cc1Br. The summed E-state index contributed by atoms with van der Waals surface area (Å²) in [5.41, 5.74) is 7.34. The highest BCUT2D eigenvalue weighted by atomic mass is 79.9. The number of halogens is 1. The average Bonchev–Trinajstić information content (AvgIpc) is 2.26. The predicted octanol–water partition coefficient (Wildman–Crippen LogP) is 3.27. The number of benzene rings is 1. The van der Waals surface area contributed by atoms with E-state index in [1.54, 1.807) is 14.2 Å². The van der Waals surface area contributed by atoms with Crippen LogP contribution in [0, 0.1) is 5.92 Å². The normalized spacial score (nSPS) is 17.4. The van der Waals surface area contributed by atoms with Crippen molar-refractivity contribution in [3.8, 4) is 11.5 Å². The Labute approximate surface area is 110 Å². The number of ether oxygens (including phenoxy) is 2. The van der Waals surface area contributed by atoms with Gasteiger partial charge in [0.25, 0.3) is 0 Å². The molecule has 0 amide bonds. The number of methoxy groups -OCH3 is 2. The van der Waals surface area contributed by atoms with Gasteiger partial charge in [-0.2, -0.15) is 0 Å². The molecule has 1 fully saturated rings. The first-order valence-electron chi connectivity index (χ1n) is 5.84. The summed E-state index contributed by atoms with van der Waals surface area (Å²) in [6, 6.07) is 3.94. The third kappa shape index (κ3) is 2.43. The minimum Gasteiger partial charge on any atom is -0.496 e. The Balaban J connectivity index is 2.35. The molecule has 2 rings (SSSR count). The van der Waals surface area contributed by atoms with Crippen molar-refractivity contribution < 1.29 is 9.47 Å². The lowest BCUT2D eigenvalue weighted by Crippen LogP contribution is -2.27. The summed E-state index contributed by atoms with van der Waals surface area (Å²) in [6.07, 6.45) is 3.71. The summed E-state index contributed by atoms with van der Waals surface area (Å²) in [5.74, 6) is 2.21. The maximum atomic E-state index is 6.30. The van der Waals surface area contributed by atoms with Crippen LogP contribution in [0.4, 0.5) is 0 Å². The van der Waals surface area contributed by atoms with Crippen LogP contribution in [0.5, 0.6) is 11.5 Å². The molecule has 0 heterocycles. The van der Waals surface area contributed by atoms with E-state index in [4.69, 9.17) is 15.2 Å². The van der Waals surface area contributed by atoms with Crippen molar-refractivity contribution in [3.63, 3.8) is 0 Å². The highest BCUT2D eigenvalue weighted by Crippen LogP contribution is 2.42. The molecule has 0 saturated heterocycles. The first kappa shape index (κ1) is 12.7. The van der Waals surface area contributed by atoms with E-state index in [1.165, 1.54) is 19.3 Å². The van der Waals surface area contributed by atoms with Crippen LogP contribution in [0.1, 0.15) is 30.9 Å². The van der Waals surface area contributed by atoms with Crippen LogP contribution in [0.25, 0.3) is 0 Å². The zero-order chi connectivity index (χ0) is 12.4. The van der Waals surface area contributed by atoms with Crippen molar-refractivity contribution in [2.75, 3.05) is 14.2 Å². The second-order valence-electron chi connectivity index (χ2n) is 4.45. The zero-order valence-corrected chi connectivity index (χ0v) is 11.8. The maximum absolute atomic E-state index is 6.30. The van der Waals surface area contributed by atoms with Crippen LogP contribution in [-0.2, 0) is 0 Å². The van der Waals surface area contributed by atoms with Crippen molar-refractivity contribution in [3.05, 3.63) is 22.2 Å².